The molecule has 0 aliphatic carbocycles. The third-order valence-corrected chi connectivity index (χ3v) is 5.17. The highest BCUT2D eigenvalue weighted by Crippen LogP contribution is 2.42. The largest absolute Gasteiger partial charge is 0.497 e. The van der Waals surface area contributed by atoms with Crippen molar-refractivity contribution < 1.29 is 24.1 Å². The lowest BCUT2D eigenvalue weighted by Crippen LogP contribution is -2.43. The maximum Gasteiger partial charge on any atom is 0.333 e. The van der Waals surface area contributed by atoms with Crippen LogP contribution in [-0.4, -0.2) is 52.1 Å². The molecule has 1 aromatic heterocycles. The first-order valence-electron chi connectivity index (χ1n) is 9.40. The Morgan fingerprint density at radius 3 is 2.45 bits per heavy atom. The second-order valence-electron chi connectivity index (χ2n) is 7.59. The van der Waals surface area contributed by atoms with E-state index in [9.17, 15) is 14.7 Å². The predicted octanol–water partition coefficient (Wildman–Crippen LogP) is 0.477. The molecule has 0 saturated carbocycles. The fourth-order valence-corrected chi connectivity index (χ4v) is 3.81. The topological polar surface area (TPSA) is 101 Å². The Labute approximate surface area is 167 Å². The first-order valence-corrected chi connectivity index (χ1v) is 9.40. The van der Waals surface area contributed by atoms with E-state index in [4.69, 9.17) is 18.9 Å². The molecular weight excluding hydrogens is 380 g/mol. The van der Waals surface area contributed by atoms with Crippen LogP contribution in [0.15, 0.2) is 46.1 Å². The van der Waals surface area contributed by atoms with Gasteiger partial charge >= 0.3 is 5.69 Å². The van der Waals surface area contributed by atoms with Gasteiger partial charge in [0.15, 0.2) is 12.0 Å². The standard InChI is InChI=1S/C20H24N2O7/c1-20(2)28-16-14(11-23)27-18(17(16)29-20)21-9-8-15(24)22(19(21)25)10-12-4-6-13(26-3)7-5-12/h4-9,14,16-18,23H,10-11H2,1-3H3/t14-,16-,17-,18-/m1/s1. The highest BCUT2D eigenvalue weighted by atomic mass is 16.8. The summed E-state index contributed by atoms with van der Waals surface area (Å²) >= 11 is 0. The number of aliphatic hydroxyl groups is 1. The fraction of sp³-hybridized carbons (Fsp3) is 0.500. The summed E-state index contributed by atoms with van der Waals surface area (Å²) in [6, 6.07) is 8.44. The van der Waals surface area contributed by atoms with Crippen LogP contribution in [0.25, 0.3) is 0 Å². The van der Waals surface area contributed by atoms with Gasteiger partial charge in [-0.05, 0) is 31.5 Å². The van der Waals surface area contributed by atoms with E-state index in [1.165, 1.54) is 16.8 Å². The summed E-state index contributed by atoms with van der Waals surface area (Å²) < 4.78 is 25.2. The highest BCUT2D eigenvalue weighted by Gasteiger charge is 2.55. The van der Waals surface area contributed by atoms with Crippen LogP contribution in [0.3, 0.4) is 0 Å². The molecule has 29 heavy (non-hydrogen) atoms. The second-order valence-corrected chi connectivity index (χ2v) is 7.59. The zero-order chi connectivity index (χ0) is 20.8. The molecule has 0 radical (unpaired) electrons. The van der Waals surface area contributed by atoms with E-state index in [1.54, 1.807) is 45.2 Å². The van der Waals surface area contributed by atoms with Crippen LogP contribution >= 0.6 is 0 Å². The van der Waals surface area contributed by atoms with E-state index in [0.717, 1.165) is 10.1 Å². The number of hydrogen-bond acceptors (Lipinski definition) is 7. The van der Waals surface area contributed by atoms with Gasteiger partial charge in [-0.3, -0.25) is 13.9 Å². The Hall–Kier alpha value is -2.46. The number of benzene rings is 1. The zero-order valence-corrected chi connectivity index (χ0v) is 16.5. The molecule has 4 atom stereocenters. The summed E-state index contributed by atoms with van der Waals surface area (Å²) in [5.74, 6) is -0.167. The Morgan fingerprint density at radius 1 is 1.10 bits per heavy atom. The Kier molecular flexibility index (Phi) is 5.07. The first-order chi connectivity index (χ1) is 13.8. The predicted molar refractivity (Wildman–Crippen MR) is 102 cm³/mol. The molecule has 0 unspecified atom stereocenters. The van der Waals surface area contributed by atoms with E-state index in [1.807, 2.05) is 0 Å². The monoisotopic (exact) mass is 404 g/mol. The van der Waals surface area contributed by atoms with E-state index in [-0.39, 0.29) is 13.2 Å². The van der Waals surface area contributed by atoms with Crippen molar-refractivity contribution >= 4 is 0 Å². The van der Waals surface area contributed by atoms with E-state index < -0.39 is 41.6 Å². The summed E-state index contributed by atoms with van der Waals surface area (Å²) in [6.45, 7) is 3.38. The minimum absolute atomic E-state index is 0.107. The lowest BCUT2D eigenvalue weighted by Gasteiger charge is -2.24. The van der Waals surface area contributed by atoms with Crippen LogP contribution in [0, 0.1) is 0 Å². The van der Waals surface area contributed by atoms with Crippen LogP contribution in [0.5, 0.6) is 5.75 Å². The fourth-order valence-electron chi connectivity index (χ4n) is 3.81. The molecule has 0 bridgehead atoms. The normalized spacial score (nSPS) is 27.7. The van der Waals surface area contributed by atoms with Gasteiger partial charge in [-0.15, -0.1) is 0 Å². The van der Waals surface area contributed by atoms with Crippen molar-refractivity contribution in [2.75, 3.05) is 13.7 Å². The smallest absolute Gasteiger partial charge is 0.333 e. The van der Waals surface area contributed by atoms with Gasteiger partial charge in [0.2, 0.25) is 0 Å². The van der Waals surface area contributed by atoms with Gasteiger partial charge in [-0.25, -0.2) is 4.79 Å². The molecule has 2 aliphatic rings. The van der Waals surface area contributed by atoms with Crippen molar-refractivity contribution in [3.8, 4) is 5.75 Å². The molecular formula is C20H24N2O7. The van der Waals surface area contributed by atoms with Crippen molar-refractivity contribution in [3.63, 3.8) is 0 Å². The van der Waals surface area contributed by atoms with E-state index >= 15 is 0 Å². The lowest BCUT2D eigenvalue weighted by atomic mass is 10.1. The molecule has 9 nitrogen and oxygen atoms in total. The number of aliphatic hydroxyl groups excluding tert-OH is 1. The van der Waals surface area contributed by atoms with E-state index in [0.29, 0.717) is 5.75 Å². The van der Waals surface area contributed by atoms with Crippen molar-refractivity contribution in [2.24, 2.45) is 0 Å². The average molecular weight is 404 g/mol. The van der Waals surface area contributed by atoms with E-state index in [2.05, 4.69) is 0 Å². The molecule has 2 saturated heterocycles. The third-order valence-electron chi connectivity index (χ3n) is 5.17. The van der Waals surface area contributed by atoms with Crippen LogP contribution in [-0.2, 0) is 20.8 Å². The summed E-state index contributed by atoms with van der Waals surface area (Å²) in [5, 5.41) is 9.64. The minimum atomic E-state index is -0.855. The molecule has 9 heteroatoms. The number of fused-ring (bicyclic) bond motifs is 1. The Bertz CT molecular complexity index is 995. The number of nitrogens with zero attached hydrogens (tertiary/aromatic N) is 2. The summed E-state index contributed by atoms with van der Waals surface area (Å²) in [6.07, 6.45) is -1.12. The van der Waals surface area contributed by atoms with Gasteiger partial charge in [0, 0.05) is 12.3 Å². The number of rotatable bonds is 5. The molecule has 2 aliphatic heterocycles. The van der Waals surface area contributed by atoms with Crippen molar-refractivity contribution in [1.29, 1.82) is 0 Å². The molecule has 2 fully saturated rings. The van der Waals surface area contributed by atoms with Crippen LogP contribution < -0.4 is 16.0 Å². The number of methoxy groups -OCH3 is 1. The third kappa shape index (κ3) is 3.62. The highest BCUT2D eigenvalue weighted by molar-refractivity contribution is 5.27. The maximum absolute atomic E-state index is 13.1. The molecule has 156 valence electrons. The van der Waals surface area contributed by atoms with Crippen LogP contribution in [0.4, 0.5) is 0 Å². The van der Waals surface area contributed by atoms with Gasteiger partial charge < -0.3 is 24.1 Å². The van der Waals surface area contributed by atoms with Crippen LogP contribution in [0.2, 0.25) is 0 Å². The Morgan fingerprint density at radius 2 is 1.79 bits per heavy atom. The number of hydrogen-bond donors (Lipinski definition) is 1. The number of aromatic nitrogens is 2. The Balaban J connectivity index is 1.67. The quantitative estimate of drug-likeness (QED) is 0.773. The summed E-state index contributed by atoms with van der Waals surface area (Å²) in [5.41, 5.74) is -0.161. The van der Waals surface area contributed by atoms with Gasteiger partial charge in [-0.1, -0.05) is 12.1 Å². The summed E-state index contributed by atoms with van der Waals surface area (Å²) in [7, 11) is 1.57. The molecule has 0 amide bonds. The maximum atomic E-state index is 13.1. The molecule has 1 N–H and O–H groups in total. The number of ether oxygens (including phenoxy) is 4. The minimum Gasteiger partial charge on any atom is -0.497 e. The molecule has 1 aromatic carbocycles. The second kappa shape index (κ2) is 7.42. The van der Waals surface area contributed by atoms with Gasteiger partial charge in [-0.2, -0.15) is 0 Å². The molecule has 2 aromatic rings. The molecule has 0 spiro atoms. The first kappa shape index (κ1) is 19.8. The van der Waals surface area contributed by atoms with Gasteiger partial charge in [0.1, 0.15) is 24.1 Å². The van der Waals surface area contributed by atoms with Gasteiger partial charge in [0.05, 0.1) is 20.3 Å². The molecule has 3 heterocycles. The molecule has 4 rings (SSSR count). The van der Waals surface area contributed by atoms with Crippen molar-refractivity contribution in [3.05, 3.63) is 62.9 Å². The SMILES string of the molecule is COc1ccc(Cn2c(=O)ccn([C@@H]3O[C@H](CO)[C@H]4OC(C)(C)O[C@H]43)c2=O)cc1. The zero-order valence-electron chi connectivity index (χ0n) is 16.5. The van der Waals surface area contributed by atoms with Crippen molar-refractivity contribution in [1.82, 2.24) is 9.13 Å². The van der Waals surface area contributed by atoms with Gasteiger partial charge in [0.25, 0.3) is 5.56 Å². The average Bonchev–Trinajstić information content (AvgIpc) is 3.18. The van der Waals surface area contributed by atoms with Crippen LogP contribution in [0.1, 0.15) is 25.6 Å². The van der Waals surface area contributed by atoms with Crippen molar-refractivity contribution in [2.45, 2.75) is 50.7 Å². The summed E-state index contributed by atoms with van der Waals surface area (Å²) in [4.78, 5) is 25.5. The lowest BCUT2D eigenvalue weighted by molar-refractivity contribution is -0.200.